The average Bonchev–Trinajstić information content (AvgIpc) is 3.33. The average molecular weight is 412 g/mol. The molecule has 0 radical (unpaired) electrons. The number of halogens is 1. The molecule has 5 rings (SSSR count). The van der Waals surface area contributed by atoms with Gasteiger partial charge in [-0.2, -0.15) is 5.10 Å². The highest BCUT2D eigenvalue weighted by atomic mass is 35.5. The van der Waals surface area contributed by atoms with Crippen LogP contribution in [0.4, 0.5) is 0 Å². The Morgan fingerprint density at radius 3 is 3.07 bits per heavy atom. The lowest BCUT2D eigenvalue weighted by Gasteiger charge is -2.25. The highest BCUT2D eigenvalue weighted by molar-refractivity contribution is 6.32. The van der Waals surface area contributed by atoms with Crippen LogP contribution in [0.3, 0.4) is 0 Å². The second-order valence-corrected chi connectivity index (χ2v) is 8.00. The van der Waals surface area contributed by atoms with Crippen molar-refractivity contribution in [3.8, 4) is 5.69 Å². The van der Waals surface area contributed by atoms with Crippen molar-refractivity contribution in [2.24, 2.45) is 0 Å². The number of fused-ring (bicyclic) bond motifs is 2. The Morgan fingerprint density at radius 1 is 1.31 bits per heavy atom. The van der Waals surface area contributed by atoms with E-state index >= 15 is 0 Å². The van der Waals surface area contributed by atoms with Gasteiger partial charge in [0, 0.05) is 12.1 Å². The Kier molecular flexibility index (Phi) is 4.64. The molecule has 150 valence electrons. The highest BCUT2D eigenvalue weighted by Gasteiger charge is 2.29. The van der Waals surface area contributed by atoms with E-state index in [2.05, 4.69) is 20.0 Å². The molecule has 0 fully saturated rings. The Morgan fingerprint density at radius 2 is 2.21 bits per heavy atom. The van der Waals surface area contributed by atoms with Crippen molar-refractivity contribution in [1.29, 1.82) is 0 Å². The zero-order valence-corrected chi connectivity index (χ0v) is 16.9. The lowest BCUT2D eigenvalue weighted by molar-refractivity contribution is 0.0684. The van der Waals surface area contributed by atoms with E-state index in [1.54, 1.807) is 12.5 Å². The van der Waals surface area contributed by atoms with Crippen molar-refractivity contribution in [2.75, 3.05) is 6.61 Å². The SMILES string of the molecule is Cc1cccc(Cl)c1-n1ncc2c1COCC2NC(=O)c1ncn2c1CCCC2. The maximum atomic E-state index is 12.9. The van der Waals surface area contributed by atoms with E-state index in [-0.39, 0.29) is 11.9 Å². The molecule has 7 nitrogen and oxygen atoms in total. The lowest BCUT2D eigenvalue weighted by atomic mass is 10.0. The van der Waals surface area contributed by atoms with Gasteiger partial charge in [-0.1, -0.05) is 23.7 Å². The Labute approximate surface area is 173 Å². The smallest absolute Gasteiger partial charge is 0.272 e. The van der Waals surface area contributed by atoms with Gasteiger partial charge < -0.3 is 14.6 Å². The van der Waals surface area contributed by atoms with Gasteiger partial charge in [0.25, 0.3) is 5.91 Å². The monoisotopic (exact) mass is 411 g/mol. The fourth-order valence-corrected chi connectivity index (χ4v) is 4.54. The van der Waals surface area contributed by atoms with E-state index in [1.807, 2.05) is 29.8 Å². The Hall–Kier alpha value is -2.64. The maximum Gasteiger partial charge on any atom is 0.272 e. The van der Waals surface area contributed by atoms with E-state index in [1.165, 1.54) is 0 Å². The van der Waals surface area contributed by atoms with Gasteiger partial charge in [0.15, 0.2) is 0 Å². The fraction of sp³-hybridized carbons (Fsp3) is 0.381. The number of nitrogens with zero attached hydrogens (tertiary/aromatic N) is 4. The standard InChI is InChI=1S/C21H22ClN5O2/c1-13-5-4-6-15(22)20(13)27-18-11-29-10-16(14(18)9-24-27)25-21(28)19-17-7-2-3-8-26(17)12-23-19/h4-6,9,12,16H,2-3,7-8,10-11H2,1H3,(H,25,28). The Bertz CT molecular complexity index is 1070. The molecule has 0 aliphatic carbocycles. The van der Waals surface area contributed by atoms with E-state index in [0.29, 0.717) is 23.9 Å². The number of ether oxygens (including phenoxy) is 1. The number of benzene rings is 1. The molecule has 2 aromatic heterocycles. The first kappa shape index (κ1) is 18.4. The summed E-state index contributed by atoms with van der Waals surface area (Å²) in [5, 5.41) is 8.29. The first-order valence-electron chi connectivity index (χ1n) is 9.88. The van der Waals surface area contributed by atoms with Crippen LogP contribution in [0, 0.1) is 6.92 Å². The quantitative estimate of drug-likeness (QED) is 0.717. The predicted octanol–water partition coefficient (Wildman–Crippen LogP) is 3.37. The molecular weight excluding hydrogens is 390 g/mol. The number of nitrogens with one attached hydrogen (secondary N) is 1. The number of hydrogen-bond donors (Lipinski definition) is 1. The third-order valence-electron chi connectivity index (χ3n) is 5.73. The number of carbonyl (C=O) groups excluding carboxylic acids is 1. The number of rotatable bonds is 3. The predicted molar refractivity (Wildman–Crippen MR) is 108 cm³/mol. The first-order chi connectivity index (χ1) is 14.1. The fourth-order valence-electron chi connectivity index (χ4n) is 4.24. The van der Waals surface area contributed by atoms with E-state index in [9.17, 15) is 4.79 Å². The zero-order chi connectivity index (χ0) is 20.0. The topological polar surface area (TPSA) is 74.0 Å². The number of amides is 1. The minimum atomic E-state index is -0.274. The summed E-state index contributed by atoms with van der Waals surface area (Å²) in [5.74, 6) is -0.163. The van der Waals surface area contributed by atoms with Crippen LogP contribution in [0.25, 0.3) is 5.69 Å². The van der Waals surface area contributed by atoms with Gasteiger partial charge in [0.1, 0.15) is 5.69 Å². The zero-order valence-electron chi connectivity index (χ0n) is 16.2. The van der Waals surface area contributed by atoms with Crippen LogP contribution in [0.2, 0.25) is 5.02 Å². The van der Waals surface area contributed by atoms with Crippen molar-refractivity contribution >= 4 is 17.5 Å². The van der Waals surface area contributed by atoms with Gasteiger partial charge >= 0.3 is 0 Å². The number of carbonyl (C=O) groups is 1. The molecule has 2 aliphatic rings. The molecule has 1 atom stereocenters. The molecule has 1 aromatic carbocycles. The van der Waals surface area contributed by atoms with Gasteiger partial charge in [-0.25, -0.2) is 9.67 Å². The van der Waals surface area contributed by atoms with Crippen LogP contribution in [-0.4, -0.2) is 31.8 Å². The third kappa shape index (κ3) is 3.14. The molecule has 8 heteroatoms. The first-order valence-corrected chi connectivity index (χ1v) is 10.3. The summed E-state index contributed by atoms with van der Waals surface area (Å²) < 4.78 is 9.70. The molecule has 3 aromatic rings. The highest BCUT2D eigenvalue weighted by Crippen LogP contribution is 2.31. The minimum absolute atomic E-state index is 0.163. The van der Waals surface area contributed by atoms with Crippen LogP contribution < -0.4 is 5.32 Å². The number of hydrogen-bond acceptors (Lipinski definition) is 4. The van der Waals surface area contributed by atoms with Crippen LogP contribution in [-0.2, 0) is 24.3 Å². The molecular formula is C21H22ClN5O2. The van der Waals surface area contributed by atoms with E-state index in [0.717, 1.165) is 54.0 Å². The van der Waals surface area contributed by atoms with Gasteiger partial charge in [-0.05, 0) is 37.8 Å². The minimum Gasteiger partial charge on any atom is -0.373 e. The summed E-state index contributed by atoms with van der Waals surface area (Å²) in [5.41, 5.74) is 5.27. The summed E-state index contributed by atoms with van der Waals surface area (Å²) >= 11 is 6.44. The summed E-state index contributed by atoms with van der Waals surface area (Å²) in [4.78, 5) is 17.3. The number of aryl methyl sites for hydroxylation is 2. The molecule has 29 heavy (non-hydrogen) atoms. The van der Waals surface area contributed by atoms with Crippen molar-refractivity contribution in [1.82, 2.24) is 24.6 Å². The molecule has 1 unspecified atom stereocenters. The normalized spacial score (nSPS) is 18.2. The maximum absolute atomic E-state index is 12.9. The summed E-state index contributed by atoms with van der Waals surface area (Å²) in [7, 11) is 0. The van der Waals surface area contributed by atoms with Crippen LogP contribution in [0.1, 0.15) is 51.9 Å². The number of imidazole rings is 1. The van der Waals surface area contributed by atoms with Crippen LogP contribution >= 0.6 is 11.6 Å². The Balaban J connectivity index is 1.44. The number of para-hydroxylation sites is 1. The molecule has 0 saturated heterocycles. The van der Waals surface area contributed by atoms with Gasteiger partial charge in [0.05, 0.1) is 53.9 Å². The summed E-state index contributed by atoms with van der Waals surface area (Å²) in [6.45, 7) is 3.75. The van der Waals surface area contributed by atoms with Crippen LogP contribution in [0.5, 0.6) is 0 Å². The van der Waals surface area contributed by atoms with Crippen molar-refractivity contribution in [3.63, 3.8) is 0 Å². The molecule has 0 saturated carbocycles. The van der Waals surface area contributed by atoms with E-state index in [4.69, 9.17) is 16.3 Å². The molecule has 0 bridgehead atoms. The molecule has 1 amide bonds. The molecule has 0 spiro atoms. The second kappa shape index (κ2) is 7.31. The molecule has 2 aliphatic heterocycles. The molecule has 4 heterocycles. The van der Waals surface area contributed by atoms with Gasteiger partial charge in [0.2, 0.25) is 0 Å². The lowest BCUT2D eigenvalue weighted by Crippen LogP contribution is -2.35. The van der Waals surface area contributed by atoms with Crippen molar-refractivity contribution < 1.29 is 9.53 Å². The summed E-state index contributed by atoms with van der Waals surface area (Å²) in [6.07, 6.45) is 6.68. The van der Waals surface area contributed by atoms with E-state index < -0.39 is 0 Å². The van der Waals surface area contributed by atoms with Crippen LogP contribution in [0.15, 0.2) is 30.7 Å². The summed E-state index contributed by atoms with van der Waals surface area (Å²) in [6, 6.07) is 5.49. The van der Waals surface area contributed by atoms with Crippen molar-refractivity contribution in [3.05, 3.63) is 64.0 Å². The number of aromatic nitrogens is 4. The third-order valence-corrected chi connectivity index (χ3v) is 6.03. The van der Waals surface area contributed by atoms with Gasteiger partial charge in [-0.15, -0.1) is 0 Å². The van der Waals surface area contributed by atoms with Crippen molar-refractivity contribution in [2.45, 2.75) is 45.4 Å². The second-order valence-electron chi connectivity index (χ2n) is 7.60. The molecule has 1 N–H and O–H groups in total. The van der Waals surface area contributed by atoms with Gasteiger partial charge in [-0.3, -0.25) is 4.79 Å². The largest absolute Gasteiger partial charge is 0.373 e.